The molecule has 0 saturated carbocycles. The van der Waals surface area contributed by atoms with E-state index in [0.717, 1.165) is 5.56 Å². The van der Waals surface area contributed by atoms with Gasteiger partial charge in [0.1, 0.15) is 11.6 Å². The topological polar surface area (TPSA) is 58.6 Å². The van der Waals surface area contributed by atoms with Crippen molar-refractivity contribution >= 4 is 27.7 Å². The van der Waals surface area contributed by atoms with Crippen LogP contribution in [0.5, 0.6) is 5.75 Å². The number of rotatable bonds is 8. The Balaban J connectivity index is 2.08. The summed E-state index contributed by atoms with van der Waals surface area (Å²) in [5.41, 5.74) is 1.52. The molecule has 2 aromatic carbocycles. The predicted molar refractivity (Wildman–Crippen MR) is 110 cm³/mol. The number of hydrogen-bond donors (Lipinski definition) is 1. The van der Waals surface area contributed by atoms with Gasteiger partial charge < -0.3 is 15.0 Å². The number of carbonyl (C=O) groups excluding carboxylic acids is 2. The lowest BCUT2D eigenvalue weighted by atomic mass is 10.0. The molecule has 2 aromatic rings. The van der Waals surface area contributed by atoms with Gasteiger partial charge in [-0.1, -0.05) is 31.2 Å². The molecule has 1 N–H and O–H groups in total. The lowest BCUT2D eigenvalue weighted by molar-refractivity contribution is -0.130. The third-order valence-electron chi connectivity index (χ3n) is 4.24. The molecule has 7 heteroatoms. The first kappa shape index (κ1) is 21.9. The van der Waals surface area contributed by atoms with Crippen molar-refractivity contribution in [1.82, 2.24) is 10.2 Å². The Morgan fingerprint density at radius 3 is 2.57 bits per heavy atom. The molecular formula is C21H24BrFN2O3. The first-order chi connectivity index (χ1) is 13.3. The van der Waals surface area contributed by atoms with Gasteiger partial charge in [0.25, 0.3) is 5.91 Å². The zero-order chi connectivity index (χ0) is 20.7. The summed E-state index contributed by atoms with van der Waals surface area (Å²) in [6.45, 7) is 1.89. The van der Waals surface area contributed by atoms with Crippen LogP contribution < -0.4 is 10.1 Å². The lowest BCUT2D eigenvalue weighted by Gasteiger charge is -2.21. The Morgan fingerprint density at radius 1 is 1.21 bits per heavy atom. The van der Waals surface area contributed by atoms with Crippen LogP contribution in [0.25, 0.3) is 0 Å². The van der Waals surface area contributed by atoms with Crippen LogP contribution in [0.4, 0.5) is 4.39 Å². The van der Waals surface area contributed by atoms with Crippen LogP contribution >= 0.6 is 15.9 Å². The zero-order valence-electron chi connectivity index (χ0n) is 16.2. The van der Waals surface area contributed by atoms with E-state index in [0.29, 0.717) is 22.2 Å². The fourth-order valence-electron chi connectivity index (χ4n) is 2.65. The monoisotopic (exact) mass is 450 g/mol. The van der Waals surface area contributed by atoms with Gasteiger partial charge in [-0.25, -0.2) is 4.39 Å². The summed E-state index contributed by atoms with van der Waals surface area (Å²) in [6, 6.07) is 11.6. The van der Waals surface area contributed by atoms with E-state index in [1.54, 1.807) is 32.3 Å². The van der Waals surface area contributed by atoms with Gasteiger partial charge in [-0.15, -0.1) is 0 Å². The summed E-state index contributed by atoms with van der Waals surface area (Å²) in [7, 11) is 3.33. The highest BCUT2D eigenvalue weighted by Gasteiger charge is 2.18. The number of carbonyl (C=O) groups is 2. The maximum absolute atomic E-state index is 13.4. The first-order valence-electron chi connectivity index (χ1n) is 8.97. The SMILES string of the molecule is CCC(NC(=O)Cc1ccc(F)c(Br)c1)c1ccccc1OCC(=O)N(C)C. The molecule has 0 saturated heterocycles. The molecule has 0 spiro atoms. The largest absolute Gasteiger partial charge is 0.483 e. The number of ether oxygens (including phenoxy) is 1. The lowest BCUT2D eigenvalue weighted by Crippen LogP contribution is -2.30. The number of benzene rings is 2. The van der Waals surface area contributed by atoms with Crippen LogP contribution in [0.2, 0.25) is 0 Å². The third-order valence-corrected chi connectivity index (χ3v) is 4.84. The van der Waals surface area contributed by atoms with Crippen molar-refractivity contribution in [2.24, 2.45) is 0 Å². The predicted octanol–water partition coefficient (Wildman–Crippen LogP) is 3.87. The normalized spacial score (nSPS) is 11.6. The highest BCUT2D eigenvalue weighted by molar-refractivity contribution is 9.10. The standard InChI is InChI=1S/C21H24BrFN2O3/c1-4-18(24-20(26)12-14-9-10-17(23)16(22)11-14)15-7-5-6-8-19(15)28-13-21(27)25(2)3/h5-11,18H,4,12-13H2,1-3H3,(H,24,26). The fourth-order valence-corrected chi connectivity index (χ4v) is 3.07. The first-order valence-corrected chi connectivity index (χ1v) is 9.76. The summed E-state index contributed by atoms with van der Waals surface area (Å²) in [4.78, 5) is 25.8. The maximum Gasteiger partial charge on any atom is 0.259 e. The van der Waals surface area contributed by atoms with E-state index in [1.165, 1.54) is 11.0 Å². The van der Waals surface area contributed by atoms with Crippen molar-refractivity contribution in [1.29, 1.82) is 0 Å². The van der Waals surface area contributed by atoms with Crippen molar-refractivity contribution in [3.63, 3.8) is 0 Å². The Kier molecular flexibility index (Phi) is 7.99. The second-order valence-electron chi connectivity index (χ2n) is 6.57. The Labute approximate surface area is 173 Å². The van der Waals surface area contributed by atoms with Crippen LogP contribution in [-0.4, -0.2) is 37.4 Å². The number of amides is 2. The molecule has 2 amide bonds. The second-order valence-corrected chi connectivity index (χ2v) is 7.42. The van der Waals surface area contributed by atoms with Crippen molar-refractivity contribution in [3.8, 4) is 5.75 Å². The summed E-state index contributed by atoms with van der Waals surface area (Å²) in [6.07, 6.45) is 0.790. The number of halogens is 2. The van der Waals surface area contributed by atoms with E-state index < -0.39 is 0 Å². The number of para-hydroxylation sites is 1. The Morgan fingerprint density at radius 2 is 1.93 bits per heavy atom. The molecule has 0 aromatic heterocycles. The third kappa shape index (κ3) is 6.05. The van der Waals surface area contributed by atoms with Crippen molar-refractivity contribution < 1.29 is 18.7 Å². The molecular weight excluding hydrogens is 427 g/mol. The summed E-state index contributed by atoms with van der Waals surface area (Å²) in [5, 5.41) is 2.99. The van der Waals surface area contributed by atoms with Crippen molar-refractivity contribution in [2.75, 3.05) is 20.7 Å². The van der Waals surface area contributed by atoms with E-state index in [4.69, 9.17) is 4.74 Å². The average molecular weight is 451 g/mol. The van der Waals surface area contributed by atoms with Crippen LogP contribution in [0.3, 0.4) is 0 Å². The molecule has 1 unspecified atom stereocenters. The van der Waals surface area contributed by atoms with Gasteiger partial charge in [0.05, 0.1) is 16.9 Å². The van der Waals surface area contributed by atoms with E-state index in [9.17, 15) is 14.0 Å². The molecule has 0 heterocycles. The van der Waals surface area contributed by atoms with Gasteiger partial charge in [0.15, 0.2) is 6.61 Å². The minimum absolute atomic E-state index is 0.0714. The molecule has 0 aliphatic heterocycles. The Hall–Kier alpha value is -2.41. The smallest absolute Gasteiger partial charge is 0.259 e. The molecule has 28 heavy (non-hydrogen) atoms. The maximum atomic E-state index is 13.4. The molecule has 0 bridgehead atoms. The molecule has 5 nitrogen and oxygen atoms in total. The minimum Gasteiger partial charge on any atom is -0.483 e. The highest BCUT2D eigenvalue weighted by Crippen LogP contribution is 2.27. The van der Waals surface area contributed by atoms with Gasteiger partial charge in [0, 0.05) is 19.7 Å². The molecule has 0 aliphatic carbocycles. The minimum atomic E-state index is -0.367. The molecule has 150 valence electrons. The fraction of sp³-hybridized carbons (Fsp3) is 0.333. The average Bonchev–Trinajstić information content (AvgIpc) is 2.67. The van der Waals surface area contributed by atoms with E-state index >= 15 is 0 Å². The molecule has 0 aliphatic rings. The number of nitrogens with one attached hydrogen (secondary N) is 1. The molecule has 2 rings (SSSR count). The van der Waals surface area contributed by atoms with Gasteiger partial charge in [0.2, 0.25) is 5.91 Å². The van der Waals surface area contributed by atoms with Crippen LogP contribution in [0.15, 0.2) is 46.9 Å². The van der Waals surface area contributed by atoms with Gasteiger partial charge in [-0.2, -0.15) is 0 Å². The number of likely N-dealkylation sites (N-methyl/N-ethyl adjacent to an activating group) is 1. The van der Waals surface area contributed by atoms with E-state index in [1.807, 2.05) is 25.1 Å². The zero-order valence-corrected chi connectivity index (χ0v) is 17.8. The van der Waals surface area contributed by atoms with Crippen LogP contribution in [0, 0.1) is 5.82 Å². The van der Waals surface area contributed by atoms with Crippen molar-refractivity contribution in [3.05, 3.63) is 63.9 Å². The second kappa shape index (κ2) is 10.2. The quantitative estimate of drug-likeness (QED) is 0.663. The van der Waals surface area contributed by atoms with Crippen molar-refractivity contribution in [2.45, 2.75) is 25.8 Å². The highest BCUT2D eigenvalue weighted by atomic mass is 79.9. The van der Waals surface area contributed by atoms with E-state index in [-0.39, 0.29) is 36.7 Å². The Bertz CT molecular complexity index is 842. The van der Waals surface area contributed by atoms with E-state index in [2.05, 4.69) is 21.2 Å². The molecule has 1 atom stereocenters. The molecule has 0 radical (unpaired) electrons. The van der Waals surface area contributed by atoms with Crippen LogP contribution in [0.1, 0.15) is 30.5 Å². The summed E-state index contributed by atoms with van der Waals surface area (Å²) < 4.78 is 19.4. The number of nitrogens with zero attached hydrogens (tertiary/aromatic N) is 1. The number of hydrogen-bond acceptors (Lipinski definition) is 3. The summed E-state index contributed by atoms with van der Waals surface area (Å²) in [5.74, 6) is -0.124. The van der Waals surface area contributed by atoms with Crippen LogP contribution in [-0.2, 0) is 16.0 Å². The van der Waals surface area contributed by atoms with Gasteiger partial charge in [-0.3, -0.25) is 9.59 Å². The van der Waals surface area contributed by atoms with Gasteiger partial charge in [-0.05, 0) is 46.1 Å². The summed E-state index contributed by atoms with van der Waals surface area (Å²) >= 11 is 3.13. The molecule has 0 fully saturated rings. The van der Waals surface area contributed by atoms with Gasteiger partial charge >= 0.3 is 0 Å².